The normalized spacial score (nSPS) is 12.1. The highest BCUT2D eigenvalue weighted by molar-refractivity contribution is 6.03. The number of allylic oxidation sites excluding steroid dienone is 2. The number of anilines is 1. The van der Waals surface area contributed by atoms with Crippen LogP contribution in [0.1, 0.15) is 6.92 Å². The molecule has 0 fully saturated rings. The molecular weight excluding hydrogens is 240 g/mol. The quantitative estimate of drug-likeness (QED) is 0.554. The molecule has 6 heteroatoms. The maximum absolute atomic E-state index is 4.33. The van der Waals surface area contributed by atoms with Gasteiger partial charge in [0.05, 0.1) is 0 Å². The van der Waals surface area contributed by atoms with Crippen molar-refractivity contribution in [3.8, 4) is 0 Å². The second-order valence-corrected chi connectivity index (χ2v) is 3.92. The zero-order valence-corrected chi connectivity index (χ0v) is 10.3. The van der Waals surface area contributed by atoms with Gasteiger partial charge in [-0.05, 0) is 19.1 Å². The van der Waals surface area contributed by atoms with Crippen LogP contribution in [0, 0.1) is 0 Å². The van der Waals surface area contributed by atoms with Gasteiger partial charge in [-0.2, -0.15) is 10.1 Å². The fourth-order valence-corrected chi connectivity index (χ4v) is 1.79. The minimum absolute atomic E-state index is 0.361. The minimum Gasteiger partial charge on any atom is -0.338 e. The Balaban J connectivity index is 1.99. The van der Waals surface area contributed by atoms with Crippen molar-refractivity contribution >= 4 is 34.2 Å². The van der Waals surface area contributed by atoms with Crippen molar-refractivity contribution in [1.29, 1.82) is 0 Å². The Bertz CT molecular complexity index is 771. The van der Waals surface area contributed by atoms with Crippen LogP contribution >= 0.6 is 0 Å². The third kappa shape index (κ3) is 2.15. The van der Waals surface area contributed by atoms with E-state index in [2.05, 4.69) is 30.7 Å². The van der Waals surface area contributed by atoms with E-state index in [0.717, 1.165) is 16.4 Å². The SMILES string of the molecule is C/C=C/C=N\Nc1nnc2c(n1)[nH]c1ccccc12. The van der Waals surface area contributed by atoms with Crippen LogP contribution in [0.15, 0.2) is 41.5 Å². The van der Waals surface area contributed by atoms with Gasteiger partial charge in [-0.25, -0.2) is 5.43 Å². The number of H-pyrrole nitrogens is 1. The van der Waals surface area contributed by atoms with E-state index in [9.17, 15) is 0 Å². The van der Waals surface area contributed by atoms with E-state index in [1.807, 2.05) is 43.3 Å². The lowest BCUT2D eigenvalue weighted by molar-refractivity contribution is 1.01. The van der Waals surface area contributed by atoms with E-state index >= 15 is 0 Å². The molecule has 2 heterocycles. The molecule has 94 valence electrons. The van der Waals surface area contributed by atoms with Crippen molar-refractivity contribution in [1.82, 2.24) is 20.2 Å². The van der Waals surface area contributed by atoms with E-state index in [0.29, 0.717) is 11.6 Å². The Morgan fingerprint density at radius 2 is 2.16 bits per heavy atom. The number of aromatic amines is 1. The van der Waals surface area contributed by atoms with Gasteiger partial charge in [0.25, 0.3) is 5.95 Å². The average Bonchev–Trinajstić information content (AvgIpc) is 2.81. The Kier molecular flexibility index (Phi) is 2.89. The third-order valence-electron chi connectivity index (χ3n) is 2.64. The van der Waals surface area contributed by atoms with Gasteiger partial charge in [-0.15, -0.1) is 10.2 Å². The van der Waals surface area contributed by atoms with Crippen molar-refractivity contribution < 1.29 is 0 Å². The van der Waals surface area contributed by atoms with E-state index in [1.165, 1.54) is 0 Å². The monoisotopic (exact) mass is 252 g/mol. The van der Waals surface area contributed by atoms with Gasteiger partial charge in [-0.3, -0.25) is 0 Å². The van der Waals surface area contributed by atoms with Gasteiger partial charge in [0, 0.05) is 17.1 Å². The first-order valence-corrected chi connectivity index (χ1v) is 5.90. The first-order chi connectivity index (χ1) is 9.38. The zero-order chi connectivity index (χ0) is 13.1. The molecule has 0 aliphatic heterocycles. The Hall–Kier alpha value is -2.76. The molecule has 0 atom stereocenters. The lowest BCUT2D eigenvalue weighted by Crippen LogP contribution is -1.98. The molecule has 2 N–H and O–H groups in total. The summed E-state index contributed by atoms with van der Waals surface area (Å²) in [5.74, 6) is 0.361. The Morgan fingerprint density at radius 3 is 3.05 bits per heavy atom. The molecule has 6 nitrogen and oxygen atoms in total. The molecule has 0 amide bonds. The largest absolute Gasteiger partial charge is 0.338 e. The molecule has 19 heavy (non-hydrogen) atoms. The minimum atomic E-state index is 0.361. The van der Waals surface area contributed by atoms with Crippen LogP contribution in [-0.4, -0.2) is 26.4 Å². The second kappa shape index (κ2) is 4.85. The number of nitrogens with one attached hydrogen (secondary N) is 2. The average molecular weight is 252 g/mol. The summed E-state index contributed by atoms with van der Waals surface area (Å²) < 4.78 is 0. The Labute approximate surface area is 109 Å². The highest BCUT2D eigenvalue weighted by atomic mass is 15.4. The summed E-state index contributed by atoms with van der Waals surface area (Å²) in [6.45, 7) is 1.92. The molecule has 0 bridgehead atoms. The molecule has 0 radical (unpaired) electrons. The van der Waals surface area contributed by atoms with E-state index in [-0.39, 0.29) is 0 Å². The van der Waals surface area contributed by atoms with Crippen molar-refractivity contribution in [2.24, 2.45) is 5.10 Å². The lowest BCUT2D eigenvalue weighted by atomic mass is 10.2. The number of hydrogen-bond donors (Lipinski definition) is 2. The molecule has 3 aromatic rings. The summed E-state index contributed by atoms with van der Waals surface area (Å²) in [6.07, 6.45) is 5.31. The number of rotatable bonds is 3. The number of nitrogens with zero attached hydrogens (tertiary/aromatic N) is 4. The topological polar surface area (TPSA) is 78.8 Å². The maximum atomic E-state index is 4.33. The van der Waals surface area contributed by atoms with Crippen LogP contribution in [0.3, 0.4) is 0 Å². The molecule has 0 spiro atoms. The van der Waals surface area contributed by atoms with Crippen molar-refractivity contribution in [3.05, 3.63) is 36.4 Å². The van der Waals surface area contributed by atoms with Gasteiger partial charge < -0.3 is 4.98 Å². The third-order valence-corrected chi connectivity index (χ3v) is 2.64. The smallest absolute Gasteiger partial charge is 0.265 e. The predicted octanol–water partition coefficient (Wildman–Crippen LogP) is 2.48. The summed E-state index contributed by atoms with van der Waals surface area (Å²) in [6, 6.07) is 7.90. The van der Waals surface area contributed by atoms with Crippen LogP contribution < -0.4 is 5.43 Å². The van der Waals surface area contributed by atoms with Crippen molar-refractivity contribution in [2.45, 2.75) is 6.92 Å². The summed E-state index contributed by atoms with van der Waals surface area (Å²) in [5, 5.41) is 13.1. The second-order valence-electron chi connectivity index (χ2n) is 3.92. The molecular formula is C13H12N6. The summed E-state index contributed by atoms with van der Waals surface area (Å²) >= 11 is 0. The molecule has 0 saturated carbocycles. The van der Waals surface area contributed by atoms with Gasteiger partial charge in [0.1, 0.15) is 5.52 Å². The molecule has 0 aliphatic rings. The highest BCUT2D eigenvalue weighted by Gasteiger charge is 2.07. The van der Waals surface area contributed by atoms with Gasteiger partial charge in [-0.1, -0.05) is 24.3 Å². The lowest BCUT2D eigenvalue weighted by Gasteiger charge is -1.95. The van der Waals surface area contributed by atoms with Gasteiger partial charge in [0.15, 0.2) is 5.65 Å². The summed E-state index contributed by atoms with van der Waals surface area (Å²) in [5.41, 5.74) is 5.18. The van der Waals surface area contributed by atoms with Crippen LogP contribution in [0.4, 0.5) is 5.95 Å². The van der Waals surface area contributed by atoms with Gasteiger partial charge >= 0.3 is 0 Å². The molecule has 0 aliphatic carbocycles. The number of aromatic nitrogens is 4. The first-order valence-electron chi connectivity index (χ1n) is 5.90. The molecule has 3 rings (SSSR count). The number of hydrazone groups is 1. The van der Waals surface area contributed by atoms with E-state index in [4.69, 9.17) is 0 Å². The van der Waals surface area contributed by atoms with Crippen LogP contribution in [0.25, 0.3) is 22.1 Å². The summed E-state index contributed by atoms with van der Waals surface area (Å²) in [7, 11) is 0. The molecule has 2 aromatic heterocycles. The highest BCUT2D eigenvalue weighted by Crippen LogP contribution is 2.21. The molecule has 0 saturated heterocycles. The fraction of sp³-hybridized carbons (Fsp3) is 0.0769. The first kappa shape index (κ1) is 11.3. The van der Waals surface area contributed by atoms with Crippen LogP contribution in [0.2, 0.25) is 0 Å². The van der Waals surface area contributed by atoms with Crippen molar-refractivity contribution in [2.75, 3.05) is 5.43 Å². The fourth-order valence-electron chi connectivity index (χ4n) is 1.79. The summed E-state index contributed by atoms with van der Waals surface area (Å²) in [4.78, 5) is 7.53. The van der Waals surface area contributed by atoms with E-state index in [1.54, 1.807) is 6.21 Å². The number of para-hydroxylation sites is 1. The zero-order valence-electron chi connectivity index (χ0n) is 10.3. The number of hydrogen-bond acceptors (Lipinski definition) is 5. The maximum Gasteiger partial charge on any atom is 0.265 e. The van der Waals surface area contributed by atoms with Gasteiger partial charge in [0.2, 0.25) is 0 Å². The number of benzene rings is 1. The van der Waals surface area contributed by atoms with Crippen LogP contribution in [-0.2, 0) is 0 Å². The number of fused-ring (bicyclic) bond motifs is 3. The molecule has 0 unspecified atom stereocenters. The molecule has 1 aromatic carbocycles. The van der Waals surface area contributed by atoms with E-state index < -0.39 is 0 Å². The Morgan fingerprint density at radius 1 is 1.26 bits per heavy atom. The van der Waals surface area contributed by atoms with Crippen molar-refractivity contribution in [3.63, 3.8) is 0 Å². The predicted molar refractivity (Wildman–Crippen MR) is 76.1 cm³/mol. The van der Waals surface area contributed by atoms with Crippen LogP contribution in [0.5, 0.6) is 0 Å². The standard InChI is InChI=1S/C13H12N6/c1-2-3-8-14-18-13-16-12-11(17-19-13)9-6-4-5-7-10(9)15-12/h2-8H,1H3,(H2,15,16,18,19)/b3-2+,14-8-.